The summed E-state index contributed by atoms with van der Waals surface area (Å²) in [5, 5.41) is 0. The number of hydrogen-bond donors (Lipinski definition) is 0. The summed E-state index contributed by atoms with van der Waals surface area (Å²) in [5.74, 6) is 0.776. The smallest absolute Gasteiger partial charge is 0.260 e. The molecule has 1 aliphatic rings. The molecule has 3 nitrogen and oxygen atoms in total. The molecule has 0 N–H and O–H groups in total. The third-order valence-corrected chi connectivity index (χ3v) is 2.27. The monoisotopic (exact) mass is 191 g/mol. The number of hydrogen-bond acceptors (Lipinski definition) is 2. The van der Waals surface area contributed by atoms with Gasteiger partial charge < -0.3 is 9.64 Å². The van der Waals surface area contributed by atoms with Crippen molar-refractivity contribution in [2.45, 2.75) is 13.3 Å². The standard InChI is InChI=1S/C11H13NO2/c1-2-7-12-8-14-10-6-4-3-5-9(10)11(12)13/h3-6H,2,7-8H2,1H3. The van der Waals surface area contributed by atoms with Gasteiger partial charge in [0.25, 0.3) is 5.91 Å². The molecular weight excluding hydrogens is 178 g/mol. The van der Waals surface area contributed by atoms with Crippen molar-refractivity contribution in [3.63, 3.8) is 0 Å². The van der Waals surface area contributed by atoms with Crippen LogP contribution in [0.5, 0.6) is 5.75 Å². The highest BCUT2D eigenvalue weighted by atomic mass is 16.5. The fraction of sp³-hybridized carbons (Fsp3) is 0.364. The average Bonchev–Trinajstić information content (AvgIpc) is 2.23. The van der Waals surface area contributed by atoms with Crippen LogP contribution in [-0.4, -0.2) is 24.1 Å². The van der Waals surface area contributed by atoms with Crippen molar-refractivity contribution in [3.8, 4) is 5.75 Å². The van der Waals surface area contributed by atoms with E-state index in [9.17, 15) is 4.79 Å². The van der Waals surface area contributed by atoms with Gasteiger partial charge in [-0.05, 0) is 18.6 Å². The molecule has 1 aromatic rings. The number of ether oxygens (including phenoxy) is 1. The second kappa shape index (κ2) is 3.70. The molecule has 0 spiro atoms. The number of nitrogens with zero attached hydrogens (tertiary/aromatic N) is 1. The minimum Gasteiger partial charge on any atom is -0.472 e. The summed E-state index contributed by atoms with van der Waals surface area (Å²) in [4.78, 5) is 13.6. The van der Waals surface area contributed by atoms with Crippen LogP contribution in [-0.2, 0) is 0 Å². The van der Waals surface area contributed by atoms with Crippen molar-refractivity contribution in [3.05, 3.63) is 29.8 Å². The van der Waals surface area contributed by atoms with Crippen LogP contribution in [0.15, 0.2) is 24.3 Å². The van der Waals surface area contributed by atoms with Gasteiger partial charge in [-0.3, -0.25) is 4.79 Å². The highest BCUT2D eigenvalue weighted by molar-refractivity contribution is 5.97. The topological polar surface area (TPSA) is 29.5 Å². The average molecular weight is 191 g/mol. The van der Waals surface area contributed by atoms with Crippen LogP contribution in [0, 0.1) is 0 Å². The Morgan fingerprint density at radius 2 is 2.21 bits per heavy atom. The van der Waals surface area contributed by atoms with E-state index in [0.717, 1.165) is 13.0 Å². The van der Waals surface area contributed by atoms with Gasteiger partial charge in [-0.1, -0.05) is 19.1 Å². The van der Waals surface area contributed by atoms with Gasteiger partial charge in [0.15, 0.2) is 6.73 Å². The summed E-state index contributed by atoms with van der Waals surface area (Å²) in [6.07, 6.45) is 0.956. The summed E-state index contributed by atoms with van der Waals surface area (Å²) in [6.45, 7) is 3.19. The molecule has 1 aliphatic heterocycles. The van der Waals surface area contributed by atoms with Gasteiger partial charge in [-0.2, -0.15) is 0 Å². The Morgan fingerprint density at radius 3 is 3.00 bits per heavy atom. The van der Waals surface area contributed by atoms with E-state index < -0.39 is 0 Å². The molecule has 0 atom stereocenters. The first-order valence-electron chi connectivity index (χ1n) is 4.84. The first-order chi connectivity index (χ1) is 6.83. The van der Waals surface area contributed by atoms with Crippen LogP contribution in [0.4, 0.5) is 0 Å². The fourth-order valence-electron chi connectivity index (χ4n) is 1.58. The van der Waals surface area contributed by atoms with E-state index in [2.05, 4.69) is 0 Å². The molecule has 0 bridgehead atoms. The van der Waals surface area contributed by atoms with Crippen molar-refractivity contribution >= 4 is 5.91 Å². The second-order valence-corrected chi connectivity index (χ2v) is 3.34. The van der Waals surface area contributed by atoms with E-state index in [4.69, 9.17) is 4.74 Å². The number of rotatable bonds is 2. The lowest BCUT2D eigenvalue weighted by Crippen LogP contribution is -2.38. The van der Waals surface area contributed by atoms with Gasteiger partial charge >= 0.3 is 0 Å². The molecule has 2 rings (SSSR count). The molecule has 0 fully saturated rings. The molecule has 0 saturated carbocycles. The minimum absolute atomic E-state index is 0.0775. The van der Waals surface area contributed by atoms with Gasteiger partial charge in [-0.25, -0.2) is 0 Å². The summed E-state index contributed by atoms with van der Waals surface area (Å²) in [5.41, 5.74) is 0.673. The Morgan fingerprint density at radius 1 is 1.43 bits per heavy atom. The molecule has 1 heterocycles. The maximum Gasteiger partial charge on any atom is 0.260 e. The number of benzene rings is 1. The Kier molecular flexibility index (Phi) is 2.39. The normalized spacial score (nSPS) is 14.9. The molecule has 0 radical (unpaired) electrons. The number of carbonyl (C=O) groups is 1. The summed E-state index contributed by atoms with van der Waals surface area (Å²) in [7, 11) is 0. The molecule has 14 heavy (non-hydrogen) atoms. The maximum atomic E-state index is 11.9. The summed E-state index contributed by atoms with van der Waals surface area (Å²) < 4.78 is 5.46. The number of para-hydroxylation sites is 1. The van der Waals surface area contributed by atoms with Crippen molar-refractivity contribution in [2.75, 3.05) is 13.3 Å². The predicted octanol–water partition coefficient (Wildman–Crippen LogP) is 1.89. The largest absolute Gasteiger partial charge is 0.472 e. The van der Waals surface area contributed by atoms with Gasteiger partial charge in [0.05, 0.1) is 5.56 Å². The lowest BCUT2D eigenvalue weighted by atomic mass is 10.1. The van der Waals surface area contributed by atoms with E-state index >= 15 is 0 Å². The van der Waals surface area contributed by atoms with Crippen LogP contribution in [0.1, 0.15) is 23.7 Å². The van der Waals surface area contributed by atoms with Gasteiger partial charge in [0.2, 0.25) is 0 Å². The molecule has 74 valence electrons. The molecule has 0 aromatic heterocycles. The second-order valence-electron chi connectivity index (χ2n) is 3.34. The third-order valence-electron chi connectivity index (χ3n) is 2.27. The lowest BCUT2D eigenvalue weighted by molar-refractivity contribution is 0.0522. The van der Waals surface area contributed by atoms with Crippen molar-refractivity contribution in [1.29, 1.82) is 0 Å². The zero-order chi connectivity index (χ0) is 9.97. The first kappa shape index (κ1) is 9.06. The van der Waals surface area contributed by atoms with Gasteiger partial charge in [0, 0.05) is 6.54 Å². The first-order valence-corrected chi connectivity index (χ1v) is 4.84. The summed E-state index contributed by atoms with van der Waals surface area (Å²) in [6, 6.07) is 7.37. The van der Waals surface area contributed by atoms with Crippen molar-refractivity contribution in [2.24, 2.45) is 0 Å². The summed E-state index contributed by atoms with van der Waals surface area (Å²) >= 11 is 0. The van der Waals surface area contributed by atoms with E-state index in [-0.39, 0.29) is 5.91 Å². The van der Waals surface area contributed by atoms with Crippen LogP contribution in [0.2, 0.25) is 0 Å². The molecule has 0 unspecified atom stereocenters. The molecular formula is C11H13NO2. The van der Waals surface area contributed by atoms with Crippen molar-refractivity contribution in [1.82, 2.24) is 4.90 Å². The Bertz CT molecular complexity index is 349. The zero-order valence-corrected chi connectivity index (χ0v) is 8.19. The molecule has 3 heteroatoms. The number of amides is 1. The Balaban J connectivity index is 2.27. The lowest BCUT2D eigenvalue weighted by Gasteiger charge is -2.28. The third kappa shape index (κ3) is 1.45. The molecule has 1 amide bonds. The predicted molar refractivity (Wildman–Crippen MR) is 53.3 cm³/mol. The van der Waals surface area contributed by atoms with E-state index in [1.54, 1.807) is 11.0 Å². The van der Waals surface area contributed by atoms with Gasteiger partial charge in [-0.15, -0.1) is 0 Å². The SMILES string of the molecule is CCCN1COc2ccccc2C1=O. The van der Waals surface area contributed by atoms with Crippen LogP contribution < -0.4 is 4.74 Å². The van der Waals surface area contributed by atoms with Gasteiger partial charge in [0.1, 0.15) is 5.75 Å². The minimum atomic E-state index is 0.0775. The highest BCUT2D eigenvalue weighted by Crippen LogP contribution is 2.23. The molecule has 1 aromatic carbocycles. The molecule has 0 saturated heterocycles. The zero-order valence-electron chi connectivity index (χ0n) is 8.19. The van der Waals surface area contributed by atoms with E-state index in [0.29, 0.717) is 18.0 Å². The number of fused-ring (bicyclic) bond motifs is 1. The molecule has 0 aliphatic carbocycles. The van der Waals surface area contributed by atoms with Crippen LogP contribution in [0.25, 0.3) is 0 Å². The van der Waals surface area contributed by atoms with Crippen LogP contribution in [0.3, 0.4) is 0 Å². The van der Waals surface area contributed by atoms with E-state index in [1.165, 1.54) is 0 Å². The fourth-order valence-corrected chi connectivity index (χ4v) is 1.58. The van der Waals surface area contributed by atoms with Crippen molar-refractivity contribution < 1.29 is 9.53 Å². The Hall–Kier alpha value is -1.51. The highest BCUT2D eigenvalue weighted by Gasteiger charge is 2.23. The quantitative estimate of drug-likeness (QED) is 0.714. The number of carbonyl (C=O) groups excluding carboxylic acids is 1. The Labute approximate surface area is 83.3 Å². The maximum absolute atomic E-state index is 11.9. The van der Waals surface area contributed by atoms with Crippen LogP contribution >= 0.6 is 0 Å². The van der Waals surface area contributed by atoms with E-state index in [1.807, 2.05) is 25.1 Å².